The molecule has 0 saturated heterocycles. The molecule has 5 nitrogen and oxygen atoms in total. The van der Waals surface area contributed by atoms with Crippen molar-refractivity contribution in [1.29, 1.82) is 0 Å². The third-order valence-corrected chi connectivity index (χ3v) is 2.56. The number of aromatic nitrogens is 1. The molecule has 2 N–H and O–H groups in total. The zero-order valence-electron chi connectivity index (χ0n) is 10.3. The van der Waals surface area contributed by atoms with Crippen molar-refractivity contribution < 1.29 is 14.7 Å². The zero-order valence-corrected chi connectivity index (χ0v) is 10.3. The minimum atomic E-state index is -1.18. The summed E-state index contributed by atoms with van der Waals surface area (Å²) in [6, 6.07) is 10.0. The highest BCUT2D eigenvalue weighted by Gasteiger charge is 2.17. The number of anilines is 1. The molecule has 1 heterocycles. The predicted octanol–water partition coefficient (Wildman–Crippen LogP) is 2.34. The van der Waals surface area contributed by atoms with Crippen LogP contribution in [0, 0.1) is 6.92 Å². The lowest BCUT2D eigenvalue weighted by molar-refractivity contribution is 0.0691. The highest BCUT2D eigenvalue weighted by molar-refractivity contribution is 6.09. The Morgan fingerprint density at radius 1 is 1.16 bits per heavy atom. The second kappa shape index (κ2) is 5.30. The van der Waals surface area contributed by atoms with Crippen molar-refractivity contribution in [3.63, 3.8) is 0 Å². The van der Waals surface area contributed by atoms with E-state index in [1.54, 1.807) is 12.1 Å². The molecule has 1 aromatic heterocycles. The summed E-state index contributed by atoms with van der Waals surface area (Å²) in [5.41, 5.74) is 1.45. The van der Waals surface area contributed by atoms with Crippen LogP contribution in [0.5, 0.6) is 0 Å². The van der Waals surface area contributed by atoms with Crippen molar-refractivity contribution in [2.45, 2.75) is 6.92 Å². The average Bonchev–Trinajstić information content (AvgIpc) is 2.41. The molecule has 0 fully saturated rings. The van der Waals surface area contributed by atoms with Gasteiger partial charge in [0.15, 0.2) is 0 Å². The number of rotatable bonds is 3. The Morgan fingerprint density at radius 3 is 2.47 bits per heavy atom. The summed E-state index contributed by atoms with van der Waals surface area (Å²) in [6.45, 7) is 1.94. The van der Waals surface area contributed by atoms with Gasteiger partial charge in [0.2, 0.25) is 0 Å². The van der Waals surface area contributed by atoms with Crippen molar-refractivity contribution in [2.24, 2.45) is 0 Å². The van der Waals surface area contributed by atoms with Gasteiger partial charge in [0.25, 0.3) is 5.91 Å². The number of carbonyl (C=O) groups is 2. The van der Waals surface area contributed by atoms with E-state index in [-0.39, 0.29) is 11.3 Å². The number of pyridine rings is 1. The number of aromatic carboxylic acids is 1. The number of amides is 1. The van der Waals surface area contributed by atoms with Crippen LogP contribution < -0.4 is 5.32 Å². The quantitative estimate of drug-likeness (QED) is 0.883. The number of carboxylic acid groups (broad SMARTS) is 1. The molecule has 0 aliphatic rings. The molecule has 1 aromatic carbocycles. The first-order valence-corrected chi connectivity index (χ1v) is 5.64. The first-order valence-electron chi connectivity index (χ1n) is 5.64. The van der Waals surface area contributed by atoms with Crippen molar-refractivity contribution in [3.05, 3.63) is 59.4 Å². The fourth-order valence-electron chi connectivity index (χ4n) is 1.59. The lowest BCUT2D eigenvalue weighted by Gasteiger charge is -2.06. The Hall–Kier alpha value is -2.69. The highest BCUT2D eigenvalue weighted by atomic mass is 16.4. The van der Waals surface area contributed by atoms with Crippen molar-refractivity contribution >= 4 is 17.6 Å². The number of carboxylic acids is 1. The summed E-state index contributed by atoms with van der Waals surface area (Å²) in [5.74, 6) is -1.72. The van der Waals surface area contributed by atoms with Gasteiger partial charge in [0.05, 0.1) is 5.56 Å². The van der Waals surface area contributed by atoms with E-state index < -0.39 is 11.9 Å². The lowest BCUT2D eigenvalue weighted by Crippen LogP contribution is -2.18. The van der Waals surface area contributed by atoms with Gasteiger partial charge in [0.1, 0.15) is 5.69 Å². The van der Waals surface area contributed by atoms with E-state index in [0.29, 0.717) is 5.69 Å². The molecule has 0 radical (unpaired) electrons. The molecular formula is C14H12N2O3. The minimum Gasteiger partial charge on any atom is -0.478 e. The second-order valence-electron chi connectivity index (χ2n) is 4.02. The van der Waals surface area contributed by atoms with E-state index in [1.165, 1.54) is 18.3 Å². The fourth-order valence-corrected chi connectivity index (χ4v) is 1.59. The summed E-state index contributed by atoms with van der Waals surface area (Å²) >= 11 is 0. The van der Waals surface area contributed by atoms with Crippen LogP contribution in [-0.2, 0) is 0 Å². The summed E-state index contributed by atoms with van der Waals surface area (Å²) in [5, 5.41) is 11.6. The molecule has 0 spiro atoms. The van der Waals surface area contributed by atoms with Crippen LogP contribution in [0.4, 0.5) is 5.69 Å². The van der Waals surface area contributed by atoms with Crippen LogP contribution in [-0.4, -0.2) is 22.0 Å². The van der Waals surface area contributed by atoms with E-state index in [2.05, 4.69) is 10.3 Å². The van der Waals surface area contributed by atoms with Gasteiger partial charge in [-0.3, -0.25) is 9.78 Å². The van der Waals surface area contributed by atoms with Crippen LogP contribution in [0.3, 0.4) is 0 Å². The average molecular weight is 256 g/mol. The molecular weight excluding hydrogens is 244 g/mol. The molecule has 0 aliphatic heterocycles. The number of carbonyl (C=O) groups excluding carboxylic acids is 1. The summed E-state index contributed by atoms with van der Waals surface area (Å²) in [4.78, 5) is 26.8. The van der Waals surface area contributed by atoms with Crippen molar-refractivity contribution in [2.75, 3.05) is 5.32 Å². The maximum absolute atomic E-state index is 12.0. The SMILES string of the molecule is Cc1ccc(NC(=O)c2ncccc2C(=O)O)cc1. The van der Waals surface area contributed by atoms with Crippen molar-refractivity contribution in [1.82, 2.24) is 4.98 Å². The molecule has 19 heavy (non-hydrogen) atoms. The Morgan fingerprint density at radius 2 is 1.84 bits per heavy atom. The molecule has 0 aliphatic carbocycles. The topological polar surface area (TPSA) is 79.3 Å². The number of nitrogens with one attached hydrogen (secondary N) is 1. The third kappa shape index (κ3) is 2.95. The first-order chi connectivity index (χ1) is 9.08. The molecule has 0 atom stereocenters. The van der Waals surface area contributed by atoms with Crippen LogP contribution >= 0.6 is 0 Å². The smallest absolute Gasteiger partial charge is 0.338 e. The number of aryl methyl sites for hydroxylation is 1. The van der Waals surface area contributed by atoms with Crippen LogP contribution in [0.25, 0.3) is 0 Å². The van der Waals surface area contributed by atoms with Crippen LogP contribution in [0.1, 0.15) is 26.4 Å². The number of nitrogens with zero attached hydrogens (tertiary/aromatic N) is 1. The standard InChI is InChI=1S/C14H12N2O3/c1-9-4-6-10(7-5-9)16-13(17)12-11(14(18)19)3-2-8-15-12/h2-8H,1H3,(H,16,17)(H,18,19). The molecule has 0 saturated carbocycles. The number of hydrogen-bond acceptors (Lipinski definition) is 3. The van der Waals surface area contributed by atoms with Crippen molar-refractivity contribution in [3.8, 4) is 0 Å². The van der Waals surface area contributed by atoms with E-state index >= 15 is 0 Å². The van der Waals surface area contributed by atoms with E-state index in [1.807, 2.05) is 19.1 Å². The Bertz CT molecular complexity index is 621. The monoisotopic (exact) mass is 256 g/mol. The third-order valence-electron chi connectivity index (χ3n) is 2.56. The van der Waals surface area contributed by atoms with E-state index in [4.69, 9.17) is 5.11 Å². The van der Waals surface area contributed by atoms with Gasteiger partial charge < -0.3 is 10.4 Å². The van der Waals surface area contributed by atoms with Gasteiger partial charge >= 0.3 is 5.97 Å². The summed E-state index contributed by atoms with van der Waals surface area (Å²) < 4.78 is 0. The van der Waals surface area contributed by atoms with Gasteiger partial charge in [-0.1, -0.05) is 17.7 Å². The Balaban J connectivity index is 2.25. The largest absolute Gasteiger partial charge is 0.478 e. The van der Waals surface area contributed by atoms with Gasteiger partial charge in [-0.05, 0) is 31.2 Å². The first kappa shape index (κ1) is 12.8. The Kier molecular flexibility index (Phi) is 3.56. The predicted molar refractivity (Wildman–Crippen MR) is 70.3 cm³/mol. The molecule has 2 aromatic rings. The van der Waals surface area contributed by atoms with E-state index in [9.17, 15) is 9.59 Å². The minimum absolute atomic E-state index is 0.101. The van der Waals surface area contributed by atoms with Gasteiger partial charge in [0, 0.05) is 11.9 Å². The Labute approximate surface area is 109 Å². The molecule has 5 heteroatoms. The normalized spacial score (nSPS) is 9.95. The van der Waals surface area contributed by atoms with Crippen LogP contribution in [0.15, 0.2) is 42.6 Å². The van der Waals surface area contributed by atoms with Gasteiger partial charge in [-0.15, -0.1) is 0 Å². The molecule has 2 rings (SSSR count). The van der Waals surface area contributed by atoms with E-state index in [0.717, 1.165) is 5.56 Å². The maximum atomic E-state index is 12.0. The molecule has 96 valence electrons. The number of hydrogen-bond donors (Lipinski definition) is 2. The maximum Gasteiger partial charge on any atom is 0.338 e. The summed E-state index contributed by atoms with van der Waals surface area (Å²) in [7, 11) is 0. The summed E-state index contributed by atoms with van der Waals surface area (Å²) in [6.07, 6.45) is 1.39. The second-order valence-corrected chi connectivity index (χ2v) is 4.02. The molecule has 0 bridgehead atoms. The highest BCUT2D eigenvalue weighted by Crippen LogP contribution is 2.12. The van der Waals surface area contributed by atoms with Crippen LogP contribution in [0.2, 0.25) is 0 Å². The van der Waals surface area contributed by atoms with Gasteiger partial charge in [-0.25, -0.2) is 4.79 Å². The fraction of sp³-hybridized carbons (Fsp3) is 0.0714. The molecule has 1 amide bonds. The molecule has 0 unspecified atom stereocenters. The lowest BCUT2D eigenvalue weighted by atomic mass is 10.1. The zero-order chi connectivity index (χ0) is 13.8. The van der Waals surface area contributed by atoms with Gasteiger partial charge in [-0.2, -0.15) is 0 Å². The number of benzene rings is 1.